The molecule has 2 aromatic rings. The summed E-state index contributed by atoms with van der Waals surface area (Å²) in [7, 11) is -1.69. The summed E-state index contributed by atoms with van der Waals surface area (Å²) in [6, 6.07) is 14.7. The number of sulfone groups is 1. The molecule has 0 radical (unpaired) electrons. The number of methoxy groups -OCH3 is 1. The molecule has 0 unspecified atom stereocenters. The molecule has 0 saturated carbocycles. The van der Waals surface area contributed by atoms with Gasteiger partial charge in [-0.1, -0.05) is 41.9 Å². The maximum absolute atomic E-state index is 13.1. The number of amides is 1. The highest BCUT2D eigenvalue weighted by Crippen LogP contribution is 2.35. The fourth-order valence-corrected chi connectivity index (χ4v) is 6.71. The Morgan fingerprint density at radius 3 is 2.53 bits per heavy atom. The highest BCUT2D eigenvalue weighted by Gasteiger charge is 2.49. The Labute approximate surface area is 182 Å². The van der Waals surface area contributed by atoms with Crippen molar-refractivity contribution in [3.63, 3.8) is 0 Å². The average molecular weight is 449 g/mol. The summed E-state index contributed by atoms with van der Waals surface area (Å²) in [6.07, 6.45) is 1.77. The predicted octanol–water partition coefficient (Wildman–Crippen LogP) is 2.80. The van der Waals surface area contributed by atoms with E-state index in [0.29, 0.717) is 23.0 Å². The van der Waals surface area contributed by atoms with Gasteiger partial charge in [-0.15, -0.1) is 0 Å². The number of nitrogens with zero attached hydrogens (tertiary/aromatic N) is 2. The van der Waals surface area contributed by atoms with E-state index in [2.05, 4.69) is 12.1 Å². The quantitative estimate of drug-likeness (QED) is 0.679. The molecule has 30 heavy (non-hydrogen) atoms. The van der Waals surface area contributed by atoms with E-state index in [1.54, 1.807) is 23.1 Å². The van der Waals surface area contributed by atoms with Gasteiger partial charge in [-0.25, -0.2) is 8.42 Å². The SMILES string of the molecule is COc1ccc(N2C(=O)CN(CCCc3ccccc3)[C@@H]3CS(=O)(=O)C[C@@H]32)cc1Cl. The summed E-state index contributed by atoms with van der Waals surface area (Å²) in [6.45, 7) is 0.893. The maximum atomic E-state index is 13.1. The number of hydrogen-bond acceptors (Lipinski definition) is 5. The molecule has 2 aliphatic heterocycles. The molecule has 2 saturated heterocycles. The molecule has 0 spiro atoms. The fraction of sp³-hybridized carbons (Fsp3) is 0.409. The molecule has 2 fully saturated rings. The van der Waals surface area contributed by atoms with Gasteiger partial charge in [0, 0.05) is 11.7 Å². The Bertz CT molecular complexity index is 1030. The van der Waals surface area contributed by atoms with Crippen molar-refractivity contribution in [2.24, 2.45) is 0 Å². The average Bonchev–Trinajstić information content (AvgIpc) is 3.04. The van der Waals surface area contributed by atoms with Gasteiger partial charge < -0.3 is 9.64 Å². The van der Waals surface area contributed by atoms with Crippen LogP contribution in [0.15, 0.2) is 48.5 Å². The van der Waals surface area contributed by atoms with E-state index >= 15 is 0 Å². The van der Waals surface area contributed by atoms with Crippen LogP contribution >= 0.6 is 11.6 Å². The normalized spacial score (nSPS) is 23.4. The van der Waals surface area contributed by atoms with Crippen molar-refractivity contribution in [2.75, 3.05) is 36.6 Å². The second-order valence-corrected chi connectivity index (χ2v) is 10.4. The van der Waals surface area contributed by atoms with E-state index in [9.17, 15) is 13.2 Å². The topological polar surface area (TPSA) is 66.9 Å². The Morgan fingerprint density at radius 1 is 1.10 bits per heavy atom. The van der Waals surface area contributed by atoms with Crippen LogP contribution in [0.2, 0.25) is 5.02 Å². The lowest BCUT2D eigenvalue weighted by molar-refractivity contribution is -0.123. The molecule has 0 bridgehead atoms. The molecule has 0 N–H and O–H groups in total. The van der Waals surface area contributed by atoms with E-state index in [4.69, 9.17) is 16.3 Å². The van der Waals surface area contributed by atoms with E-state index < -0.39 is 15.9 Å². The molecule has 2 aliphatic rings. The van der Waals surface area contributed by atoms with Gasteiger partial charge in [0.2, 0.25) is 5.91 Å². The number of hydrogen-bond donors (Lipinski definition) is 0. The third kappa shape index (κ3) is 4.33. The van der Waals surface area contributed by atoms with Crippen LogP contribution in [-0.4, -0.2) is 63.0 Å². The summed E-state index contributed by atoms with van der Waals surface area (Å²) >= 11 is 6.26. The molecule has 0 aromatic heterocycles. The van der Waals surface area contributed by atoms with Gasteiger partial charge >= 0.3 is 0 Å². The Morgan fingerprint density at radius 2 is 1.83 bits per heavy atom. The minimum atomic E-state index is -3.22. The summed E-state index contributed by atoms with van der Waals surface area (Å²) < 4.78 is 30.1. The van der Waals surface area contributed by atoms with Crippen LogP contribution in [0.4, 0.5) is 5.69 Å². The molecular weight excluding hydrogens is 424 g/mol. The second-order valence-electron chi connectivity index (χ2n) is 7.85. The van der Waals surface area contributed by atoms with E-state index in [1.807, 2.05) is 23.1 Å². The first-order valence-electron chi connectivity index (χ1n) is 10.0. The Kier molecular flexibility index (Phi) is 6.04. The van der Waals surface area contributed by atoms with Crippen LogP contribution in [0.5, 0.6) is 5.75 Å². The number of anilines is 1. The van der Waals surface area contributed by atoms with E-state index in [0.717, 1.165) is 12.8 Å². The molecule has 2 heterocycles. The monoisotopic (exact) mass is 448 g/mol. The first-order chi connectivity index (χ1) is 14.4. The largest absolute Gasteiger partial charge is 0.495 e. The lowest BCUT2D eigenvalue weighted by Gasteiger charge is -2.43. The lowest BCUT2D eigenvalue weighted by Crippen LogP contribution is -2.62. The molecular formula is C22H25ClN2O4S. The van der Waals surface area contributed by atoms with Gasteiger partial charge in [-0.2, -0.15) is 0 Å². The summed E-state index contributed by atoms with van der Waals surface area (Å²) in [4.78, 5) is 16.7. The Balaban J connectivity index is 1.54. The van der Waals surface area contributed by atoms with Gasteiger partial charge in [0.1, 0.15) is 5.75 Å². The van der Waals surface area contributed by atoms with Crippen molar-refractivity contribution in [2.45, 2.75) is 24.9 Å². The number of aryl methyl sites for hydroxylation is 1. The number of benzene rings is 2. The first-order valence-corrected chi connectivity index (χ1v) is 12.2. The third-order valence-corrected chi connectivity index (χ3v) is 7.86. The molecule has 8 heteroatoms. The van der Waals surface area contributed by atoms with Gasteiger partial charge in [0.25, 0.3) is 0 Å². The summed E-state index contributed by atoms with van der Waals surface area (Å²) in [5.41, 5.74) is 1.85. The number of ether oxygens (including phenoxy) is 1. The van der Waals surface area contributed by atoms with E-state index in [1.165, 1.54) is 12.7 Å². The van der Waals surface area contributed by atoms with Crippen LogP contribution in [-0.2, 0) is 21.1 Å². The number of rotatable bonds is 6. The summed E-state index contributed by atoms with van der Waals surface area (Å²) in [5, 5.41) is 0.394. The molecule has 6 nitrogen and oxygen atoms in total. The molecule has 2 atom stereocenters. The minimum Gasteiger partial charge on any atom is -0.495 e. The molecule has 160 valence electrons. The zero-order valence-corrected chi connectivity index (χ0v) is 18.4. The van der Waals surface area contributed by atoms with Crippen LogP contribution in [0.3, 0.4) is 0 Å². The second kappa shape index (κ2) is 8.57. The van der Waals surface area contributed by atoms with Crippen LogP contribution < -0.4 is 9.64 Å². The van der Waals surface area contributed by atoms with Gasteiger partial charge in [-0.3, -0.25) is 9.69 Å². The van der Waals surface area contributed by atoms with Crippen molar-refractivity contribution in [1.82, 2.24) is 4.90 Å². The zero-order chi connectivity index (χ0) is 21.3. The van der Waals surface area contributed by atoms with E-state index in [-0.39, 0.29) is 30.0 Å². The highest BCUT2D eigenvalue weighted by atomic mass is 35.5. The van der Waals surface area contributed by atoms with Crippen molar-refractivity contribution in [1.29, 1.82) is 0 Å². The van der Waals surface area contributed by atoms with Crippen molar-refractivity contribution in [3.05, 3.63) is 59.1 Å². The number of carbonyl (C=O) groups excluding carboxylic acids is 1. The van der Waals surface area contributed by atoms with Crippen LogP contribution in [0.1, 0.15) is 12.0 Å². The van der Waals surface area contributed by atoms with Crippen LogP contribution in [0.25, 0.3) is 0 Å². The zero-order valence-electron chi connectivity index (χ0n) is 16.8. The number of piperazine rings is 1. The maximum Gasteiger partial charge on any atom is 0.241 e. The minimum absolute atomic E-state index is 0.0256. The number of halogens is 1. The summed E-state index contributed by atoms with van der Waals surface area (Å²) in [5.74, 6) is 0.469. The van der Waals surface area contributed by atoms with Gasteiger partial charge in [0.15, 0.2) is 9.84 Å². The van der Waals surface area contributed by atoms with Gasteiger partial charge in [0.05, 0.1) is 36.2 Å². The first kappa shape index (κ1) is 21.2. The van der Waals surface area contributed by atoms with Gasteiger partial charge in [-0.05, 0) is 43.1 Å². The smallest absolute Gasteiger partial charge is 0.241 e. The Hall–Kier alpha value is -2.09. The van der Waals surface area contributed by atoms with Crippen molar-refractivity contribution < 1.29 is 17.9 Å². The number of carbonyl (C=O) groups is 1. The number of fused-ring (bicyclic) bond motifs is 1. The molecule has 0 aliphatic carbocycles. The fourth-order valence-electron chi connectivity index (χ4n) is 4.47. The van der Waals surface area contributed by atoms with Crippen molar-refractivity contribution >= 4 is 33.0 Å². The van der Waals surface area contributed by atoms with Crippen molar-refractivity contribution in [3.8, 4) is 5.75 Å². The molecule has 1 amide bonds. The molecule has 2 aromatic carbocycles. The highest BCUT2D eigenvalue weighted by molar-refractivity contribution is 7.91. The standard InChI is InChI=1S/C22H25ClN2O4S/c1-29-21-10-9-17(12-18(21)23)25-20-15-30(27,28)14-19(20)24(13-22(25)26)11-5-8-16-6-3-2-4-7-16/h2-4,6-7,9-10,12,19-20H,5,8,11,13-15H2,1H3/t19-,20+/m1/s1. The molecule has 4 rings (SSSR count). The third-order valence-electron chi connectivity index (χ3n) is 5.87. The predicted molar refractivity (Wildman–Crippen MR) is 118 cm³/mol. The lowest BCUT2D eigenvalue weighted by atomic mass is 10.0. The van der Waals surface area contributed by atoms with Crippen LogP contribution in [0, 0.1) is 0 Å².